The van der Waals surface area contributed by atoms with Gasteiger partial charge in [0.25, 0.3) is 0 Å². The fraction of sp³-hybridized carbons (Fsp3) is 0.316. The number of aliphatic imine (C=N–C) groups is 1. The van der Waals surface area contributed by atoms with Gasteiger partial charge in [-0.15, -0.1) is 0 Å². The van der Waals surface area contributed by atoms with Crippen LogP contribution in [0.1, 0.15) is 22.3 Å². The number of nitrogens with one attached hydrogen (secondary N) is 1. The zero-order valence-corrected chi connectivity index (χ0v) is 13.5. The molecular formula is C19H23N3O. The van der Waals surface area contributed by atoms with Gasteiger partial charge in [-0.25, -0.2) is 0 Å². The quantitative estimate of drug-likeness (QED) is 0.861. The highest BCUT2D eigenvalue weighted by molar-refractivity contribution is 6.00. The van der Waals surface area contributed by atoms with Crippen LogP contribution in [0.4, 0.5) is 0 Å². The molecule has 0 aliphatic carbocycles. The molecule has 0 unspecified atom stereocenters. The number of amidine groups is 1. The molecule has 0 atom stereocenters. The predicted octanol–water partition coefficient (Wildman–Crippen LogP) is 2.29. The molecule has 23 heavy (non-hydrogen) atoms. The second kappa shape index (κ2) is 7.29. The van der Waals surface area contributed by atoms with Gasteiger partial charge in [0.1, 0.15) is 11.6 Å². The molecule has 0 bridgehead atoms. The van der Waals surface area contributed by atoms with Gasteiger partial charge in [-0.05, 0) is 47.7 Å². The van der Waals surface area contributed by atoms with E-state index in [1.165, 1.54) is 16.7 Å². The second-order valence-electron chi connectivity index (χ2n) is 5.70. The summed E-state index contributed by atoms with van der Waals surface area (Å²) in [6, 6.07) is 14.8. The number of benzene rings is 2. The van der Waals surface area contributed by atoms with Crippen LogP contribution in [0.15, 0.2) is 47.5 Å². The average Bonchev–Trinajstić information content (AvgIpc) is 3.15. The first kappa shape index (κ1) is 15.6. The van der Waals surface area contributed by atoms with Gasteiger partial charge in [0, 0.05) is 18.7 Å². The summed E-state index contributed by atoms with van der Waals surface area (Å²) in [5.41, 5.74) is 10.5. The number of aryl methyl sites for hydroxylation is 2. The van der Waals surface area contributed by atoms with E-state index < -0.39 is 0 Å². The Kier molecular flexibility index (Phi) is 4.93. The molecule has 0 saturated heterocycles. The molecular weight excluding hydrogens is 286 g/mol. The summed E-state index contributed by atoms with van der Waals surface area (Å²) in [5, 5.41) is 3.32. The first-order valence-corrected chi connectivity index (χ1v) is 8.03. The first-order chi connectivity index (χ1) is 11.3. The monoisotopic (exact) mass is 309 g/mol. The summed E-state index contributed by atoms with van der Waals surface area (Å²) in [7, 11) is 1.72. The van der Waals surface area contributed by atoms with Crippen molar-refractivity contribution in [1.29, 1.82) is 0 Å². The van der Waals surface area contributed by atoms with Gasteiger partial charge in [-0.1, -0.05) is 24.3 Å². The molecule has 3 rings (SSSR count). The van der Waals surface area contributed by atoms with Crippen LogP contribution in [-0.2, 0) is 19.4 Å². The van der Waals surface area contributed by atoms with Crippen LogP contribution in [0.25, 0.3) is 0 Å². The maximum atomic E-state index is 5.65. The van der Waals surface area contributed by atoms with Crippen LogP contribution in [0.2, 0.25) is 0 Å². The zero-order chi connectivity index (χ0) is 16.1. The van der Waals surface area contributed by atoms with E-state index in [9.17, 15) is 0 Å². The SMILES string of the molecule is COc1ccc(C2=NCCN2)cc1CCc1ccc(CN)cc1. The van der Waals surface area contributed by atoms with Gasteiger partial charge in [-0.2, -0.15) is 0 Å². The second-order valence-corrected chi connectivity index (χ2v) is 5.70. The number of nitrogens with two attached hydrogens (primary N) is 1. The van der Waals surface area contributed by atoms with Crippen molar-refractivity contribution >= 4 is 5.84 Å². The molecule has 0 amide bonds. The number of methoxy groups -OCH3 is 1. The van der Waals surface area contributed by atoms with E-state index in [4.69, 9.17) is 10.5 Å². The molecule has 2 aromatic carbocycles. The van der Waals surface area contributed by atoms with E-state index in [0.717, 1.165) is 43.1 Å². The molecule has 4 nitrogen and oxygen atoms in total. The van der Waals surface area contributed by atoms with E-state index in [1.54, 1.807) is 7.11 Å². The lowest BCUT2D eigenvalue weighted by atomic mass is 10.0. The van der Waals surface area contributed by atoms with E-state index >= 15 is 0 Å². The van der Waals surface area contributed by atoms with Crippen molar-refractivity contribution in [3.63, 3.8) is 0 Å². The van der Waals surface area contributed by atoms with E-state index in [0.29, 0.717) is 6.54 Å². The molecule has 0 spiro atoms. The lowest BCUT2D eigenvalue weighted by Gasteiger charge is -2.11. The third kappa shape index (κ3) is 3.71. The van der Waals surface area contributed by atoms with Crippen molar-refractivity contribution in [2.45, 2.75) is 19.4 Å². The lowest BCUT2D eigenvalue weighted by Crippen LogP contribution is -2.19. The highest BCUT2D eigenvalue weighted by Crippen LogP contribution is 2.22. The highest BCUT2D eigenvalue weighted by Gasteiger charge is 2.11. The number of hydrogen-bond acceptors (Lipinski definition) is 4. The van der Waals surface area contributed by atoms with Crippen molar-refractivity contribution < 1.29 is 4.74 Å². The average molecular weight is 309 g/mol. The van der Waals surface area contributed by atoms with Crippen LogP contribution in [0.3, 0.4) is 0 Å². The third-order valence-electron chi connectivity index (χ3n) is 4.17. The van der Waals surface area contributed by atoms with Crippen LogP contribution in [-0.4, -0.2) is 26.0 Å². The van der Waals surface area contributed by atoms with Gasteiger partial charge in [0.15, 0.2) is 0 Å². The van der Waals surface area contributed by atoms with Crippen molar-refractivity contribution in [2.75, 3.05) is 20.2 Å². The summed E-state index contributed by atoms with van der Waals surface area (Å²) in [6.07, 6.45) is 1.91. The molecule has 2 aromatic rings. The number of nitrogens with zero attached hydrogens (tertiary/aromatic N) is 1. The van der Waals surface area contributed by atoms with E-state index in [2.05, 4.69) is 46.7 Å². The smallest absolute Gasteiger partial charge is 0.128 e. The molecule has 0 saturated carbocycles. The molecule has 0 aromatic heterocycles. The molecule has 0 radical (unpaired) electrons. The van der Waals surface area contributed by atoms with Crippen LogP contribution in [0, 0.1) is 0 Å². The van der Waals surface area contributed by atoms with Crippen molar-refractivity contribution in [3.8, 4) is 5.75 Å². The molecule has 1 aliphatic heterocycles. The Morgan fingerprint density at radius 1 is 1.09 bits per heavy atom. The van der Waals surface area contributed by atoms with E-state index in [-0.39, 0.29) is 0 Å². The molecule has 0 fully saturated rings. The third-order valence-corrected chi connectivity index (χ3v) is 4.17. The maximum absolute atomic E-state index is 5.65. The molecule has 1 heterocycles. The Morgan fingerprint density at radius 3 is 2.52 bits per heavy atom. The zero-order valence-electron chi connectivity index (χ0n) is 13.5. The minimum atomic E-state index is 0.589. The van der Waals surface area contributed by atoms with Gasteiger partial charge in [0.05, 0.1) is 13.7 Å². The van der Waals surface area contributed by atoms with Gasteiger partial charge < -0.3 is 15.8 Å². The number of rotatable bonds is 6. The molecule has 4 heteroatoms. The van der Waals surface area contributed by atoms with Crippen LogP contribution >= 0.6 is 0 Å². The largest absolute Gasteiger partial charge is 0.496 e. The van der Waals surface area contributed by atoms with Crippen LogP contribution in [0.5, 0.6) is 5.75 Å². The summed E-state index contributed by atoms with van der Waals surface area (Å²) in [4.78, 5) is 4.49. The molecule has 1 aliphatic rings. The van der Waals surface area contributed by atoms with Gasteiger partial charge in [0.2, 0.25) is 0 Å². The highest BCUT2D eigenvalue weighted by atomic mass is 16.5. The van der Waals surface area contributed by atoms with Crippen LogP contribution < -0.4 is 15.8 Å². The number of ether oxygens (including phenoxy) is 1. The van der Waals surface area contributed by atoms with Crippen molar-refractivity contribution in [3.05, 3.63) is 64.7 Å². The molecule has 120 valence electrons. The predicted molar refractivity (Wildman–Crippen MR) is 94.1 cm³/mol. The first-order valence-electron chi connectivity index (χ1n) is 8.03. The maximum Gasteiger partial charge on any atom is 0.128 e. The Morgan fingerprint density at radius 2 is 1.87 bits per heavy atom. The normalized spacial score (nSPS) is 13.6. The Bertz CT molecular complexity index is 692. The Hall–Kier alpha value is -2.33. The van der Waals surface area contributed by atoms with Crippen molar-refractivity contribution in [2.24, 2.45) is 10.7 Å². The van der Waals surface area contributed by atoms with E-state index in [1.807, 2.05) is 6.07 Å². The number of hydrogen-bond donors (Lipinski definition) is 2. The fourth-order valence-corrected chi connectivity index (χ4v) is 2.83. The van der Waals surface area contributed by atoms with Gasteiger partial charge >= 0.3 is 0 Å². The Labute approximate surface area is 137 Å². The summed E-state index contributed by atoms with van der Waals surface area (Å²) in [6.45, 7) is 2.36. The lowest BCUT2D eigenvalue weighted by molar-refractivity contribution is 0.409. The molecule has 3 N–H and O–H groups in total. The Balaban J connectivity index is 1.75. The summed E-state index contributed by atoms with van der Waals surface area (Å²) in [5.74, 6) is 1.92. The minimum Gasteiger partial charge on any atom is -0.496 e. The topological polar surface area (TPSA) is 59.6 Å². The summed E-state index contributed by atoms with van der Waals surface area (Å²) >= 11 is 0. The summed E-state index contributed by atoms with van der Waals surface area (Å²) < 4.78 is 5.51. The van der Waals surface area contributed by atoms with Gasteiger partial charge in [-0.3, -0.25) is 4.99 Å². The minimum absolute atomic E-state index is 0.589. The standard InChI is InChI=1S/C19H23N3O/c1-23-18-9-8-17(19-21-10-11-22-19)12-16(18)7-6-14-2-4-15(13-20)5-3-14/h2-5,8-9,12H,6-7,10-11,13,20H2,1H3,(H,21,22). The van der Waals surface area contributed by atoms with Crippen molar-refractivity contribution in [1.82, 2.24) is 5.32 Å². The fourth-order valence-electron chi connectivity index (χ4n) is 2.83.